The van der Waals surface area contributed by atoms with Crippen LogP contribution >= 0.6 is 0 Å². The number of anilines is 1. The number of benzene rings is 1. The van der Waals surface area contributed by atoms with Crippen LogP contribution in [0.1, 0.15) is 19.4 Å². The number of allylic oxidation sites excluding steroid dienone is 5. The van der Waals surface area contributed by atoms with Gasteiger partial charge < -0.3 is 5.32 Å². The van der Waals surface area contributed by atoms with Crippen LogP contribution in [-0.4, -0.2) is 0 Å². The lowest BCUT2D eigenvalue weighted by Gasteiger charge is -2.06. The monoisotopic (exact) mass is 213 g/mol. The Morgan fingerprint density at radius 3 is 2.62 bits per heavy atom. The largest absolute Gasteiger partial charge is 0.359 e. The van der Waals surface area contributed by atoms with Crippen LogP contribution in [0.25, 0.3) is 0 Å². The normalized spacial score (nSPS) is 12.4. The third-order valence-corrected chi connectivity index (χ3v) is 2.28. The zero-order valence-electron chi connectivity index (χ0n) is 10.2. The molecule has 0 amide bonds. The molecule has 0 spiro atoms. The first-order valence-electron chi connectivity index (χ1n) is 5.43. The molecule has 0 saturated heterocycles. The summed E-state index contributed by atoms with van der Waals surface area (Å²) in [5, 5.41) is 3.34. The highest BCUT2D eigenvalue weighted by Gasteiger charge is 1.92. The first kappa shape index (κ1) is 12.3. The standard InChI is InChI=1S/C15H19N/c1-5-12(2)9-10-14(4)16-15-8-6-7-13(3)11-15/h5-11,16H,1H2,2-4H3/b12-9+,14-10+. The van der Waals surface area contributed by atoms with Crippen LogP contribution in [0.2, 0.25) is 0 Å². The molecule has 0 bridgehead atoms. The van der Waals surface area contributed by atoms with E-state index in [0.717, 1.165) is 17.0 Å². The SMILES string of the molecule is C=C/C(C)=C/C=C(\C)Nc1cccc(C)c1. The average Bonchev–Trinajstić information content (AvgIpc) is 2.26. The molecule has 0 atom stereocenters. The van der Waals surface area contributed by atoms with Crippen molar-refractivity contribution in [1.29, 1.82) is 0 Å². The number of hydrogen-bond acceptors (Lipinski definition) is 1. The fraction of sp³-hybridized carbons (Fsp3) is 0.200. The van der Waals surface area contributed by atoms with Crippen molar-refractivity contribution >= 4 is 5.69 Å². The van der Waals surface area contributed by atoms with Crippen LogP contribution in [0.5, 0.6) is 0 Å². The highest BCUT2D eigenvalue weighted by Crippen LogP contribution is 2.12. The lowest BCUT2D eigenvalue weighted by atomic mass is 10.2. The van der Waals surface area contributed by atoms with Crippen molar-refractivity contribution in [2.45, 2.75) is 20.8 Å². The van der Waals surface area contributed by atoms with Gasteiger partial charge in [0, 0.05) is 11.4 Å². The van der Waals surface area contributed by atoms with Gasteiger partial charge in [-0.05, 0) is 44.5 Å². The van der Waals surface area contributed by atoms with E-state index in [0.29, 0.717) is 0 Å². The molecule has 16 heavy (non-hydrogen) atoms. The zero-order chi connectivity index (χ0) is 12.0. The smallest absolute Gasteiger partial charge is 0.0384 e. The van der Waals surface area contributed by atoms with Crippen molar-refractivity contribution in [2.75, 3.05) is 5.32 Å². The molecule has 0 unspecified atom stereocenters. The first-order chi connectivity index (χ1) is 7.61. The minimum absolute atomic E-state index is 1.12. The van der Waals surface area contributed by atoms with Gasteiger partial charge in [-0.2, -0.15) is 0 Å². The molecule has 1 N–H and O–H groups in total. The summed E-state index contributed by atoms with van der Waals surface area (Å²) in [5.74, 6) is 0. The van der Waals surface area contributed by atoms with Crippen LogP contribution in [0, 0.1) is 6.92 Å². The van der Waals surface area contributed by atoms with E-state index in [1.165, 1.54) is 5.56 Å². The van der Waals surface area contributed by atoms with E-state index < -0.39 is 0 Å². The molecule has 0 aliphatic rings. The molecule has 0 radical (unpaired) electrons. The number of nitrogens with one attached hydrogen (secondary N) is 1. The van der Waals surface area contributed by atoms with E-state index >= 15 is 0 Å². The van der Waals surface area contributed by atoms with Gasteiger partial charge in [-0.15, -0.1) is 0 Å². The molecular weight excluding hydrogens is 194 g/mol. The molecule has 0 fully saturated rings. The van der Waals surface area contributed by atoms with E-state index in [-0.39, 0.29) is 0 Å². The van der Waals surface area contributed by atoms with E-state index in [2.05, 4.69) is 56.1 Å². The summed E-state index contributed by atoms with van der Waals surface area (Å²) in [5.41, 5.74) is 4.66. The van der Waals surface area contributed by atoms with Crippen LogP contribution in [-0.2, 0) is 0 Å². The van der Waals surface area contributed by atoms with Gasteiger partial charge in [0.1, 0.15) is 0 Å². The maximum absolute atomic E-state index is 3.72. The number of rotatable bonds is 4. The molecule has 0 aliphatic heterocycles. The Morgan fingerprint density at radius 2 is 2.00 bits per heavy atom. The second-order valence-corrected chi connectivity index (χ2v) is 3.96. The summed E-state index contributed by atoms with van der Waals surface area (Å²) in [7, 11) is 0. The molecular formula is C15H19N. The molecule has 0 aromatic heterocycles. The fourth-order valence-corrected chi connectivity index (χ4v) is 1.32. The van der Waals surface area contributed by atoms with Crippen molar-refractivity contribution in [1.82, 2.24) is 0 Å². The van der Waals surface area contributed by atoms with Gasteiger partial charge >= 0.3 is 0 Å². The Kier molecular flexibility index (Phi) is 4.59. The molecule has 1 rings (SSSR count). The van der Waals surface area contributed by atoms with Crippen LogP contribution in [0.15, 0.2) is 60.3 Å². The number of aryl methyl sites for hydroxylation is 1. The summed E-state index contributed by atoms with van der Waals surface area (Å²) < 4.78 is 0. The van der Waals surface area contributed by atoms with E-state index in [9.17, 15) is 0 Å². The zero-order valence-corrected chi connectivity index (χ0v) is 10.2. The van der Waals surface area contributed by atoms with Gasteiger partial charge in [0.2, 0.25) is 0 Å². The lowest BCUT2D eigenvalue weighted by Crippen LogP contribution is -1.94. The Bertz CT molecular complexity index is 425. The van der Waals surface area contributed by atoms with Gasteiger partial charge in [-0.1, -0.05) is 36.4 Å². The fourth-order valence-electron chi connectivity index (χ4n) is 1.32. The summed E-state index contributed by atoms with van der Waals surface area (Å²) in [4.78, 5) is 0. The van der Waals surface area contributed by atoms with Crippen LogP contribution in [0.4, 0.5) is 5.69 Å². The van der Waals surface area contributed by atoms with Crippen molar-refractivity contribution in [3.05, 3.63) is 65.9 Å². The van der Waals surface area contributed by atoms with Crippen molar-refractivity contribution in [3.63, 3.8) is 0 Å². The van der Waals surface area contributed by atoms with E-state index in [1.807, 2.05) is 19.1 Å². The highest BCUT2D eigenvalue weighted by atomic mass is 14.9. The molecule has 0 heterocycles. The number of hydrogen-bond donors (Lipinski definition) is 1. The quantitative estimate of drug-likeness (QED) is 0.729. The second kappa shape index (κ2) is 5.96. The van der Waals surface area contributed by atoms with E-state index in [4.69, 9.17) is 0 Å². The Labute approximate surface area is 98.2 Å². The third kappa shape index (κ3) is 4.18. The van der Waals surface area contributed by atoms with Gasteiger partial charge in [-0.3, -0.25) is 0 Å². The summed E-state index contributed by atoms with van der Waals surface area (Å²) in [6, 6.07) is 8.33. The Morgan fingerprint density at radius 1 is 1.25 bits per heavy atom. The molecule has 1 aromatic rings. The second-order valence-electron chi connectivity index (χ2n) is 3.96. The van der Waals surface area contributed by atoms with E-state index in [1.54, 1.807) is 0 Å². The molecule has 1 aromatic carbocycles. The predicted molar refractivity (Wildman–Crippen MR) is 72.5 cm³/mol. The van der Waals surface area contributed by atoms with Gasteiger partial charge in [0.05, 0.1) is 0 Å². The van der Waals surface area contributed by atoms with Crippen molar-refractivity contribution in [2.24, 2.45) is 0 Å². The van der Waals surface area contributed by atoms with Gasteiger partial charge in [0.15, 0.2) is 0 Å². The Balaban J connectivity index is 2.71. The average molecular weight is 213 g/mol. The molecule has 0 saturated carbocycles. The lowest BCUT2D eigenvalue weighted by molar-refractivity contribution is 1.35. The Hall–Kier alpha value is -1.76. The van der Waals surface area contributed by atoms with Crippen molar-refractivity contribution < 1.29 is 0 Å². The predicted octanol–water partition coefficient (Wildman–Crippen LogP) is 4.44. The molecule has 84 valence electrons. The highest BCUT2D eigenvalue weighted by molar-refractivity contribution is 5.50. The summed E-state index contributed by atoms with van der Waals surface area (Å²) in [6.45, 7) is 9.89. The van der Waals surface area contributed by atoms with Gasteiger partial charge in [0.25, 0.3) is 0 Å². The minimum Gasteiger partial charge on any atom is -0.359 e. The van der Waals surface area contributed by atoms with Crippen LogP contribution < -0.4 is 5.32 Å². The maximum atomic E-state index is 3.72. The maximum Gasteiger partial charge on any atom is 0.0384 e. The first-order valence-corrected chi connectivity index (χ1v) is 5.43. The third-order valence-electron chi connectivity index (χ3n) is 2.28. The molecule has 0 aliphatic carbocycles. The van der Waals surface area contributed by atoms with Gasteiger partial charge in [-0.25, -0.2) is 0 Å². The molecule has 1 nitrogen and oxygen atoms in total. The summed E-state index contributed by atoms with van der Waals surface area (Å²) in [6.07, 6.45) is 5.95. The summed E-state index contributed by atoms with van der Waals surface area (Å²) >= 11 is 0. The topological polar surface area (TPSA) is 12.0 Å². The molecule has 1 heteroatoms. The minimum atomic E-state index is 1.12. The van der Waals surface area contributed by atoms with Crippen molar-refractivity contribution in [3.8, 4) is 0 Å². The van der Waals surface area contributed by atoms with Crippen LogP contribution in [0.3, 0.4) is 0 Å².